The molecule has 0 aliphatic carbocycles. The summed E-state index contributed by atoms with van der Waals surface area (Å²) in [6.45, 7) is 4.07. The van der Waals surface area contributed by atoms with Gasteiger partial charge in [-0.3, -0.25) is 4.79 Å². The van der Waals surface area contributed by atoms with Crippen LogP contribution in [0.4, 0.5) is 13.2 Å². The molecule has 0 N–H and O–H groups in total. The number of ether oxygens (including phenoxy) is 2. The Labute approximate surface area is 168 Å². The molecule has 0 aromatic heterocycles. The number of benzene rings is 1. The molecule has 0 fully saturated rings. The number of hydrogen-bond donors (Lipinski definition) is 0. The van der Waals surface area contributed by atoms with Gasteiger partial charge in [0.1, 0.15) is 0 Å². The Morgan fingerprint density at radius 3 is 2.32 bits per heavy atom. The van der Waals surface area contributed by atoms with Crippen LogP contribution in [0.5, 0.6) is 0 Å². The SMILES string of the molecule is CCCCCCCCOC(=O)CSc1ccc(C(F)(F)F)cc1C(=O)OCC. The lowest BCUT2D eigenvalue weighted by Crippen LogP contribution is -2.12. The van der Waals surface area contributed by atoms with Crippen LogP contribution >= 0.6 is 11.8 Å². The first-order valence-corrected chi connectivity index (χ1v) is 10.4. The van der Waals surface area contributed by atoms with Gasteiger partial charge in [0.2, 0.25) is 0 Å². The molecule has 0 saturated carbocycles. The Hall–Kier alpha value is -1.70. The normalized spacial score (nSPS) is 11.3. The third-order valence-corrected chi connectivity index (χ3v) is 4.96. The molecule has 8 heteroatoms. The molecule has 0 aliphatic heterocycles. The van der Waals surface area contributed by atoms with Gasteiger partial charge in [-0.1, -0.05) is 39.0 Å². The van der Waals surface area contributed by atoms with Crippen molar-refractivity contribution in [1.82, 2.24) is 0 Å². The summed E-state index contributed by atoms with van der Waals surface area (Å²) in [6, 6.07) is 2.81. The van der Waals surface area contributed by atoms with Crippen molar-refractivity contribution in [3.63, 3.8) is 0 Å². The van der Waals surface area contributed by atoms with Crippen LogP contribution in [0.3, 0.4) is 0 Å². The standard InChI is InChI=1S/C20H27F3O4S/c1-3-5-6-7-8-9-12-27-18(24)14-28-17-11-10-15(20(21,22)23)13-16(17)19(25)26-4-2/h10-11,13H,3-9,12,14H2,1-2H3. The summed E-state index contributed by atoms with van der Waals surface area (Å²) < 4.78 is 48.7. The number of thioether (sulfide) groups is 1. The topological polar surface area (TPSA) is 52.6 Å². The van der Waals surface area contributed by atoms with Crippen LogP contribution in [0.1, 0.15) is 68.3 Å². The molecule has 28 heavy (non-hydrogen) atoms. The van der Waals surface area contributed by atoms with Gasteiger partial charge in [-0.2, -0.15) is 13.2 Å². The molecular formula is C20H27F3O4S. The van der Waals surface area contributed by atoms with Gasteiger partial charge in [0, 0.05) is 4.90 Å². The van der Waals surface area contributed by atoms with Crippen LogP contribution < -0.4 is 0 Å². The van der Waals surface area contributed by atoms with Crippen molar-refractivity contribution in [3.8, 4) is 0 Å². The number of rotatable bonds is 12. The van der Waals surface area contributed by atoms with Gasteiger partial charge in [0.05, 0.1) is 30.1 Å². The monoisotopic (exact) mass is 420 g/mol. The average molecular weight is 420 g/mol. The van der Waals surface area contributed by atoms with Crippen LogP contribution in [0.15, 0.2) is 23.1 Å². The van der Waals surface area contributed by atoms with E-state index in [1.807, 2.05) is 0 Å². The zero-order valence-electron chi connectivity index (χ0n) is 16.3. The molecule has 0 spiro atoms. The first-order valence-electron chi connectivity index (χ1n) is 9.46. The predicted octanol–water partition coefficient (Wildman–Crippen LogP) is 5.88. The maximum atomic E-state index is 12.9. The first-order chi connectivity index (χ1) is 13.3. The number of esters is 2. The molecule has 0 unspecified atom stereocenters. The fourth-order valence-electron chi connectivity index (χ4n) is 2.45. The maximum absolute atomic E-state index is 12.9. The van der Waals surface area contributed by atoms with Gasteiger partial charge < -0.3 is 9.47 Å². The van der Waals surface area contributed by atoms with Gasteiger partial charge in [0.15, 0.2) is 0 Å². The molecule has 158 valence electrons. The van der Waals surface area contributed by atoms with E-state index in [2.05, 4.69) is 6.92 Å². The van der Waals surface area contributed by atoms with Crippen molar-refractivity contribution >= 4 is 23.7 Å². The number of carbonyl (C=O) groups is 2. The van der Waals surface area contributed by atoms with Crippen LogP contribution in [0, 0.1) is 0 Å². The highest BCUT2D eigenvalue weighted by Crippen LogP contribution is 2.33. The Morgan fingerprint density at radius 2 is 1.68 bits per heavy atom. The number of unbranched alkanes of at least 4 members (excludes halogenated alkanes) is 5. The molecule has 0 saturated heterocycles. The van der Waals surface area contributed by atoms with Gasteiger partial charge in [-0.15, -0.1) is 11.8 Å². The first kappa shape index (κ1) is 24.3. The van der Waals surface area contributed by atoms with E-state index in [0.717, 1.165) is 43.2 Å². The second-order valence-electron chi connectivity index (χ2n) is 6.21. The van der Waals surface area contributed by atoms with Crippen molar-refractivity contribution in [2.75, 3.05) is 19.0 Å². The second-order valence-corrected chi connectivity index (χ2v) is 7.22. The largest absolute Gasteiger partial charge is 0.465 e. The molecule has 0 aliphatic rings. The predicted molar refractivity (Wildman–Crippen MR) is 102 cm³/mol. The third kappa shape index (κ3) is 8.99. The minimum Gasteiger partial charge on any atom is -0.465 e. The van der Waals surface area contributed by atoms with Crippen LogP contribution in [0.2, 0.25) is 0 Å². The minimum atomic E-state index is -4.57. The molecule has 0 heterocycles. The number of alkyl halides is 3. The van der Waals surface area contributed by atoms with Crippen molar-refractivity contribution in [1.29, 1.82) is 0 Å². The molecule has 0 atom stereocenters. The summed E-state index contributed by atoms with van der Waals surface area (Å²) in [4.78, 5) is 24.1. The van der Waals surface area contributed by atoms with Gasteiger partial charge in [-0.25, -0.2) is 4.79 Å². The summed E-state index contributed by atoms with van der Waals surface area (Å²) in [6.07, 6.45) is 1.86. The van der Waals surface area contributed by atoms with Gasteiger partial charge in [0.25, 0.3) is 0 Å². The molecular weight excluding hydrogens is 393 g/mol. The van der Waals surface area contributed by atoms with E-state index >= 15 is 0 Å². The fraction of sp³-hybridized carbons (Fsp3) is 0.600. The molecule has 1 aromatic rings. The Bertz CT molecular complexity index is 632. The number of hydrogen-bond acceptors (Lipinski definition) is 5. The minimum absolute atomic E-state index is 0.0412. The summed E-state index contributed by atoms with van der Waals surface area (Å²) in [5, 5.41) is 0. The highest BCUT2D eigenvalue weighted by Gasteiger charge is 2.32. The molecule has 1 rings (SSSR count). The fourth-order valence-corrected chi connectivity index (χ4v) is 3.27. The Morgan fingerprint density at radius 1 is 1.00 bits per heavy atom. The van der Waals surface area contributed by atoms with Crippen molar-refractivity contribution in [2.24, 2.45) is 0 Å². The third-order valence-electron chi connectivity index (χ3n) is 3.91. The molecule has 0 radical (unpaired) electrons. The zero-order chi connectivity index (χ0) is 21.0. The molecule has 0 bridgehead atoms. The highest BCUT2D eigenvalue weighted by atomic mass is 32.2. The molecule has 4 nitrogen and oxygen atoms in total. The van der Waals surface area contributed by atoms with E-state index in [1.54, 1.807) is 6.92 Å². The summed E-state index contributed by atoms with van der Waals surface area (Å²) in [5.74, 6) is -1.40. The lowest BCUT2D eigenvalue weighted by Gasteiger charge is -2.12. The molecule has 0 amide bonds. The van der Waals surface area contributed by atoms with Crippen LogP contribution in [0.25, 0.3) is 0 Å². The van der Waals surface area contributed by atoms with Crippen LogP contribution in [-0.4, -0.2) is 30.9 Å². The number of carbonyl (C=O) groups excluding carboxylic acids is 2. The second kappa shape index (κ2) is 12.7. The summed E-state index contributed by atoms with van der Waals surface area (Å²) >= 11 is 0.961. The van der Waals surface area contributed by atoms with Gasteiger partial charge >= 0.3 is 18.1 Å². The summed E-state index contributed by atoms with van der Waals surface area (Å²) in [7, 11) is 0. The van der Waals surface area contributed by atoms with Crippen molar-refractivity contribution in [3.05, 3.63) is 29.3 Å². The average Bonchev–Trinajstić information content (AvgIpc) is 2.65. The quantitative estimate of drug-likeness (QED) is 0.240. The molecule has 1 aromatic carbocycles. The lowest BCUT2D eigenvalue weighted by molar-refractivity contribution is -0.140. The van der Waals surface area contributed by atoms with E-state index in [0.29, 0.717) is 6.61 Å². The smallest absolute Gasteiger partial charge is 0.416 e. The van der Waals surface area contributed by atoms with E-state index < -0.39 is 23.7 Å². The summed E-state index contributed by atoms with van der Waals surface area (Å²) in [5.41, 5.74) is -1.14. The van der Waals surface area contributed by atoms with E-state index in [4.69, 9.17) is 9.47 Å². The highest BCUT2D eigenvalue weighted by molar-refractivity contribution is 8.00. The lowest BCUT2D eigenvalue weighted by atomic mass is 10.1. The Balaban J connectivity index is 2.58. The van der Waals surface area contributed by atoms with E-state index in [1.165, 1.54) is 25.3 Å². The van der Waals surface area contributed by atoms with Crippen LogP contribution in [-0.2, 0) is 20.4 Å². The van der Waals surface area contributed by atoms with E-state index in [9.17, 15) is 22.8 Å². The van der Waals surface area contributed by atoms with Crippen molar-refractivity contribution in [2.45, 2.75) is 63.4 Å². The number of halogens is 3. The van der Waals surface area contributed by atoms with E-state index in [-0.39, 0.29) is 22.8 Å². The Kier molecular flexibility index (Phi) is 11.0. The zero-order valence-corrected chi connectivity index (χ0v) is 17.1. The maximum Gasteiger partial charge on any atom is 0.416 e. The van der Waals surface area contributed by atoms with Crippen molar-refractivity contribution < 1.29 is 32.2 Å². The van der Waals surface area contributed by atoms with Gasteiger partial charge in [-0.05, 0) is 31.5 Å².